The molecule has 0 unspecified atom stereocenters. The van der Waals surface area contributed by atoms with Crippen LogP contribution in [0.15, 0.2) is 94.9 Å². The van der Waals surface area contributed by atoms with E-state index in [-0.39, 0.29) is 5.78 Å². The number of carbonyl (C=O) groups is 1. The van der Waals surface area contributed by atoms with E-state index in [4.69, 9.17) is 0 Å². The number of hydrogen-bond acceptors (Lipinski definition) is 4. The summed E-state index contributed by atoms with van der Waals surface area (Å²) in [5.41, 5.74) is 4.62. The molecule has 1 N–H and O–H groups in total. The Hall–Kier alpha value is -3.37. The third kappa shape index (κ3) is 3.08. The van der Waals surface area contributed by atoms with E-state index in [9.17, 15) is 4.79 Å². The van der Waals surface area contributed by atoms with Crippen LogP contribution in [0.4, 0.5) is 11.4 Å². The van der Waals surface area contributed by atoms with Crippen LogP contribution in [-0.4, -0.2) is 10.8 Å². The predicted molar refractivity (Wildman–Crippen MR) is 115 cm³/mol. The van der Waals surface area contributed by atoms with E-state index in [1.165, 1.54) is 4.90 Å². The highest BCUT2D eigenvalue weighted by molar-refractivity contribution is 7.99. The number of pyridine rings is 1. The normalized spacial score (nSPS) is 12.4. The summed E-state index contributed by atoms with van der Waals surface area (Å²) < 4.78 is 0. The van der Waals surface area contributed by atoms with Crippen LogP contribution in [0.25, 0.3) is 17.0 Å². The number of rotatable bonds is 3. The number of carbonyl (C=O) groups excluding carboxylic acids is 1. The maximum atomic E-state index is 12.7. The number of aromatic nitrogens is 1. The molecule has 4 aromatic rings. The second-order valence-corrected chi connectivity index (χ2v) is 7.63. The average molecular weight is 380 g/mol. The molecule has 3 nitrogen and oxygen atoms in total. The Kier molecular flexibility index (Phi) is 4.18. The molecule has 2 heterocycles. The predicted octanol–water partition coefficient (Wildman–Crippen LogP) is 6.34. The van der Waals surface area contributed by atoms with Gasteiger partial charge in [-0.15, -0.1) is 0 Å². The molecule has 0 atom stereocenters. The van der Waals surface area contributed by atoms with Crippen molar-refractivity contribution in [1.82, 2.24) is 4.98 Å². The molecule has 134 valence electrons. The number of para-hydroxylation sites is 2. The Morgan fingerprint density at radius 3 is 2.68 bits per heavy atom. The molecule has 0 aliphatic carbocycles. The average Bonchev–Trinajstić information content (AvgIpc) is 2.75. The highest BCUT2D eigenvalue weighted by Gasteiger charge is 2.16. The summed E-state index contributed by atoms with van der Waals surface area (Å²) >= 11 is 1.72. The van der Waals surface area contributed by atoms with Gasteiger partial charge in [-0.05, 0) is 54.1 Å². The van der Waals surface area contributed by atoms with Crippen molar-refractivity contribution in [3.8, 4) is 0 Å². The fourth-order valence-electron chi connectivity index (χ4n) is 3.32. The first-order chi connectivity index (χ1) is 13.8. The molecular formula is C24H16N2OS. The number of nitrogens with zero attached hydrogens (tertiary/aromatic N) is 1. The molecule has 0 radical (unpaired) electrons. The molecule has 28 heavy (non-hydrogen) atoms. The zero-order valence-electron chi connectivity index (χ0n) is 14.9. The van der Waals surface area contributed by atoms with Crippen molar-refractivity contribution in [3.63, 3.8) is 0 Å². The monoisotopic (exact) mass is 380 g/mol. The number of fused-ring (bicyclic) bond motifs is 3. The van der Waals surface area contributed by atoms with Gasteiger partial charge in [-0.3, -0.25) is 9.78 Å². The molecule has 1 aliphatic rings. The topological polar surface area (TPSA) is 42.0 Å². The molecule has 0 saturated heterocycles. The van der Waals surface area contributed by atoms with Gasteiger partial charge in [-0.2, -0.15) is 0 Å². The fourth-order valence-corrected chi connectivity index (χ4v) is 4.29. The van der Waals surface area contributed by atoms with Gasteiger partial charge >= 0.3 is 0 Å². The third-order valence-corrected chi connectivity index (χ3v) is 5.89. The lowest BCUT2D eigenvalue weighted by Gasteiger charge is -2.20. The Balaban J connectivity index is 1.43. The van der Waals surface area contributed by atoms with Crippen molar-refractivity contribution in [2.75, 3.05) is 5.32 Å². The number of benzene rings is 3. The van der Waals surface area contributed by atoms with E-state index >= 15 is 0 Å². The van der Waals surface area contributed by atoms with E-state index in [1.807, 2.05) is 72.8 Å². The fraction of sp³-hybridized carbons (Fsp3) is 0. The highest BCUT2D eigenvalue weighted by atomic mass is 32.2. The van der Waals surface area contributed by atoms with Crippen molar-refractivity contribution in [2.24, 2.45) is 0 Å². The van der Waals surface area contributed by atoms with Crippen molar-refractivity contribution in [3.05, 3.63) is 96.2 Å². The molecule has 3 aromatic carbocycles. The molecular weight excluding hydrogens is 364 g/mol. The maximum Gasteiger partial charge on any atom is 0.185 e. The van der Waals surface area contributed by atoms with Gasteiger partial charge < -0.3 is 5.32 Å². The Morgan fingerprint density at radius 2 is 1.71 bits per heavy atom. The van der Waals surface area contributed by atoms with Crippen LogP contribution in [0.1, 0.15) is 15.9 Å². The molecule has 0 fully saturated rings. The van der Waals surface area contributed by atoms with E-state index in [2.05, 4.69) is 16.4 Å². The Bertz CT molecular complexity index is 1240. The number of nitrogens with one attached hydrogen (secondary N) is 1. The number of allylic oxidation sites excluding steroid dienone is 1. The SMILES string of the molecule is O=C(/C=C/c1ccnc2ccccc12)c1ccc2c(c1)Nc1ccccc1S2. The van der Waals surface area contributed by atoms with Gasteiger partial charge in [-0.25, -0.2) is 0 Å². The van der Waals surface area contributed by atoms with Crippen molar-refractivity contribution in [1.29, 1.82) is 0 Å². The number of ketones is 1. The van der Waals surface area contributed by atoms with Crippen LogP contribution < -0.4 is 5.32 Å². The molecule has 1 aromatic heterocycles. The number of anilines is 2. The van der Waals surface area contributed by atoms with Gasteiger partial charge in [0.25, 0.3) is 0 Å². The molecule has 0 saturated carbocycles. The van der Waals surface area contributed by atoms with Gasteiger partial charge in [0.2, 0.25) is 0 Å². The Morgan fingerprint density at radius 1 is 0.893 bits per heavy atom. The van der Waals surface area contributed by atoms with Crippen molar-refractivity contribution in [2.45, 2.75) is 9.79 Å². The minimum absolute atomic E-state index is 0.0191. The second kappa shape index (κ2) is 6.98. The van der Waals surface area contributed by atoms with E-state index in [0.717, 1.165) is 32.7 Å². The van der Waals surface area contributed by atoms with Gasteiger partial charge in [0.1, 0.15) is 0 Å². The second-order valence-electron chi connectivity index (χ2n) is 6.55. The smallest absolute Gasteiger partial charge is 0.185 e. The minimum Gasteiger partial charge on any atom is -0.354 e. The summed E-state index contributed by atoms with van der Waals surface area (Å²) in [5, 5.41) is 4.46. The zero-order valence-corrected chi connectivity index (χ0v) is 15.7. The van der Waals surface area contributed by atoms with Crippen LogP contribution in [0.2, 0.25) is 0 Å². The summed E-state index contributed by atoms with van der Waals surface area (Å²) in [5.74, 6) is -0.0191. The van der Waals surface area contributed by atoms with E-state index in [0.29, 0.717) is 5.56 Å². The summed E-state index contributed by atoms with van der Waals surface area (Å²) in [4.78, 5) is 19.4. The molecule has 5 rings (SSSR count). The van der Waals surface area contributed by atoms with E-state index < -0.39 is 0 Å². The Labute approximate surface area is 167 Å². The highest BCUT2D eigenvalue weighted by Crippen LogP contribution is 2.44. The lowest BCUT2D eigenvalue weighted by Crippen LogP contribution is -2.02. The molecule has 1 aliphatic heterocycles. The molecule has 0 bridgehead atoms. The quantitative estimate of drug-likeness (QED) is 0.293. The maximum absolute atomic E-state index is 12.7. The first kappa shape index (κ1) is 16.8. The zero-order chi connectivity index (χ0) is 18.9. The summed E-state index contributed by atoms with van der Waals surface area (Å²) in [7, 11) is 0. The van der Waals surface area contributed by atoms with Crippen molar-refractivity contribution >= 4 is 45.9 Å². The first-order valence-electron chi connectivity index (χ1n) is 9.02. The molecule has 0 spiro atoms. The van der Waals surface area contributed by atoms with Crippen LogP contribution in [0.5, 0.6) is 0 Å². The van der Waals surface area contributed by atoms with Crippen LogP contribution >= 0.6 is 11.8 Å². The van der Waals surface area contributed by atoms with Crippen LogP contribution in [0, 0.1) is 0 Å². The largest absolute Gasteiger partial charge is 0.354 e. The summed E-state index contributed by atoms with van der Waals surface area (Å²) in [6.07, 6.45) is 5.26. The van der Waals surface area contributed by atoms with Gasteiger partial charge in [0, 0.05) is 26.9 Å². The summed E-state index contributed by atoms with van der Waals surface area (Å²) in [6, 6.07) is 23.9. The van der Waals surface area contributed by atoms with Crippen LogP contribution in [-0.2, 0) is 0 Å². The standard InChI is InChI=1S/C24H16N2OS/c27-22(11-9-16-13-14-25-19-6-2-1-5-18(16)19)17-10-12-24-21(15-17)26-20-7-3-4-8-23(20)28-24/h1-15,26H/b11-9+. The number of hydrogen-bond donors (Lipinski definition) is 1. The molecule has 4 heteroatoms. The van der Waals surface area contributed by atoms with Crippen molar-refractivity contribution < 1.29 is 4.79 Å². The third-order valence-electron chi connectivity index (χ3n) is 4.74. The van der Waals surface area contributed by atoms with Gasteiger partial charge in [0.15, 0.2) is 5.78 Å². The van der Waals surface area contributed by atoms with Gasteiger partial charge in [0.05, 0.1) is 16.9 Å². The van der Waals surface area contributed by atoms with Crippen LogP contribution in [0.3, 0.4) is 0 Å². The lowest BCUT2D eigenvalue weighted by molar-refractivity contribution is 0.104. The first-order valence-corrected chi connectivity index (χ1v) is 9.84. The van der Waals surface area contributed by atoms with Gasteiger partial charge in [-0.1, -0.05) is 48.2 Å². The lowest BCUT2D eigenvalue weighted by atomic mass is 10.1. The minimum atomic E-state index is -0.0191. The molecule has 0 amide bonds. The summed E-state index contributed by atoms with van der Waals surface area (Å²) in [6.45, 7) is 0. The van der Waals surface area contributed by atoms with E-state index in [1.54, 1.807) is 24.0 Å².